The van der Waals surface area contributed by atoms with Gasteiger partial charge in [0, 0.05) is 12.1 Å². The van der Waals surface area contributed by atoms with Gasteiger partial charge < -0.3 is 10.4 Å². The van der Waals surface area contributed by atoms with E-state index >= 15 is 0 Å². The summed E-state index contributed by atoms with van der Waals surface area (Å²) in [6.45, 7) is 2.90. The Morgan fingerprint density at radius 1 is 1.47 bits per heavy atom. The van der Waals surface area contributed by atoms with E-state index in [4.69, 9.17) is 28.3 Å². The van der Waals surface area contributed by atoms with Gasteiger partial charge in [0.1, 0.15) is 0 Å². The molecule has 104 valence electrons. The van der Waals surface area contributed by atoms with Crippen LogP contribution in [-0.2, 0) is 0 Å². The molecule has 0 fully saturated rings. The maximum atomic E-state index is 12.0. The molecule has 0 heterocycles. The maximum absolute atomic E-state index is 12.0. The predicted octanol–water partition coefficient (Wildman–Crippen LogP) is 2.40. The molecule has 6 nitrogen and oxygen atoms in total. The molecule has 0 bridgehead atoms. The first-order chi connectivity index (χ1) is 8.68. The van der Waals surface area contributed by atoms with Crippen molar-refractivity contribution in [3.8, 4) is 0 Å². The number of amides is 1. The summed E-state index contributed by atoms with van der Waals surface area (Å²) in [6.07, 6.45) is 0. The third kappa shape index (κ3) is 3.79. The molecule has 19 heavy (non-hydrogen) atoms. The van der Waals surface area contributed by atoms with Crippen LogP contribution in [0.1, 0.15) is 24.2 Å². The van der Waals surface area contributed by atoms with E-state index in [0.29, 0.717) is 0 Å². The zero-order valence-corrected chi connectivity index (χ0v) is 11.7. The Bertz CT molecular complexity index is 532. The Kier molecular flexibility index (Phi) is 4.73. The molecule has 1 aromatic carbocycles. The second-order valence-electron chi connectivity index (χ2n) is 4.54. The lowest BCUT2D eigenvalue weighted by Crippen LogP contribution is -2.46. The number of carbonyl (C=O) groups is 1. The van der Waals surface area contributed by atoms with Gasteiger partial charge in [-0.1, -0.05) is 23.2 Å². The average Bonchev–Trinajstić information content (AvgIpc) is 2.31. The number of halogens is 2. The van der Waals surface area contributed by atoms with Crippen LogP contribution in [0.25, 0.3) is 0 Å². The van der Waals surface area contributed by atoms with Gasteiger partial charge in [0.05, 0.1) is 32.7 Å². The van der Waals surface area contributed by atoms with E-state index in [9.17, 15) is 14.9 Å². The summed E-state index contributed by atoms with van der Waals surface area (Å²) in [5.74, 6) is -0.644. The first-order valence-electron chi connectivity index (χ1n) is 5.25. The van der Waals surface area contributed by atoms with E-state index in [1.165, 1.54) is 0 Å². The van der Waals surface area contributed by atoms with Crippen LogP contribution in [0.4, 0.5) is 5.69 Å². The molecule has 0 aliphatic carbocycles. The zero-order chi connectivity index (χ0) is 14.8. The van der Waals surface area contributed by atoms with Crippen molar-refractivity contribution < 1.29 is 14.8 Å². The smallest absolute Gasteiger partial charge is 0.271 e. The van der Waals surface area contributed by atoms with Gasteiger partial charge in [-0.15, -0.1) is 0 Å². The minimum atomic E-state index is -0.877. The first kappa shape index (κ1) is 15.7. The number of rotatable bonds is 4. The van der Waals surface area contributed by atoms with E-state index in [-0.39, 0.29) is 27.9 Å². The van der Waals surface area contributed by atoms with Crippen molar-refractivity contribution in [3.63, 3.8) is 0 Å². The molecule has 1 rings (SSSR count). The maximum Gasteiger partial charge on any atom is 0.271 e. The number of benzene rings is 1. The van der Waals surface area contributed by atoms with Crippen molar-refractivity contribution in [2.75, 3.05) is 6.61 Å². The van der Waals surface area contributed by atoms with Crippen molar-refractivity contribution in [1.82, 2.24) is 5.32 Å². The second-order valence-corrected chi connectivity index (χ2v) is 5.33. The Morgan fingerprint density at radius 2 is 2.05 bits per heavy atom. The van der Waals surface area contributed by atoms with Gasteiger partial charge in [-0.2, -0.15) is 0 Å². The van der Waals surface area contributed by atoms with Gasteiger partial charge in [0.2, 0.25) is 0 Å². The number of aliphatic hydroxyl groups is 1. The van der Waals surface area contributed by atoms with Crippen LogP contribution in [0.5, 0.6) is 0 Å². The van der Waals surface area contributed by atoms with Gasteiger partial charge >= 0.3 is 0 Å². The summed E-state index contributed by atoms with van der Waals surface area (Å²) in [5.41, 5.74) is -1.32. The molecule has 0 saturated heterocycles. The topological polar surface area (TPSA) is 92.5 Å². The summed E-state index contributed by atoms with van der Waals surface area (Å²) in [6, 6.07) is 2.11. The second kappa shape index (κ2) is 5.73. The van der Waals surface area contributed by atoms with Crippen molar-refractivity contribution in [3.05, 3.63) is 37.9 Å². The molecular formula is C11H12Cl2N2O4. The van der Waals surface area contributed by atoms with E-state index in [1.54, 1.807) is 13.8 Å². The van der Waals surface area contributed by atoms with Gasteiger partial charge in [-0.25, -0.2) is 0 Å². The Labute approximate surface area is 119 Å². The number of nitro benzene ring substituents is 1. The third-order valence-electron chi connectivity index (χ3n) is 2.32. The van der Waals surface area contributed by atoms with Crippen molar-refractivity contribution in [2.45, 2.75) is 19.4 Å². The van der Waals surface area contributed by atoms with Crippen LogP contribution in [0.3, 0.4) is 0 Å². The molecule has 2 N–H and O–H groups in total. The monoisotopic (exact) mass is 306 g/mol. The van der Waals surface area contributed by atoms with E-state index in [0.717, 1.165) is 12.1 Å². The molecule has 0 aromatic heterocycles. The van der Waals surface area contributed by atoms with E-state index in [2.05, 4.69) is 5.32 Å². The Balaban J connectivity index is 3.19. The van der Waals surface area contributed by atoms with Crippen LogP contribution < -0.4 is 5.32 Å². The fourth-order valence-corrected chi connectivity index (χ4v) is 1.67. The van der Waals surface area contributed by atoms with Gasteiger partial charge in [-0.05, 0) is 13.8 Å². The largest absolute Gasteiger partial charge is 0.394 e. The molecule has 1 aromatic rings. The van der Waals surface area contributed by atoms with Crippen LogP contribution in [-0.4, -0.2) is 28.1 Å². The minimum Gasteiger partial charge on any atom is -0.394 e. The lowest BCUT2D eigenvalue weighted by molar-refractivity contribution is -0.384. The summed E-state index contributed by atoms with van der Waals surface area (Å²) < 4.78 is 0. The van der Waals surface area contributed by atoms with Crippen LogP contribution in [0.15, 0.2) is 12.1 Å². The molecule has 0 aliphatic heterocycles. The van der Waals surface area contributed by atoms with E-state index in [1.807, 2.05) is 0 Å². The number of carbonyl (C=O) groups excluding carboxylic acids is 1. The summed E-state index contributed by atoms with van der Waals surface area (Å²) in [4.78, 5) is 22.0. The molecule has 8 heteroatoms. The molecule has 1 amide bonds. The molecule has 0 radical (unpaired) electrons. The Morgan fingerprint density at radius 3 is 2.53 bits per heavy atom. The fourth-order valence-electron chi connectivity index (χ4n) is 1.26. The quantitative estimate of drug-likeness (QED) is 0.660. The molecule has 0 atom stereocenters. The van der Waals surface area contributed by atoms with E-state index < -0.39 is 16.4 Å². The van der Waals surface area contributed by atoms with Gasteiger partial charge in [0.25, 0.3) is 11.6 Å². The molecular weight excluding hydrogens is 295 g/mol. The lowest BCUT2D eigenvalue weighted by atomic mass is 10.1. The summed E-state index contributed by atoms with van der Waals surface area (Å²) >= 11 is 11.6. The number of hydrogen-bond donors (Lipinski definition) is 2. The fraction of sp³-hybridized carbons (Fsp3) is 0.364. The van der Waals surface area contributed by atoms with Crippen LogP contribution in [0, 0.1) is 10.1 Å². The summed E-state index contributed by atoms with van der Waals surface area (Å²) in [7, 11) is 0. The normalized spacial score (nSPS) is 11.2. The highest BCUT2D eigenvalue weighted by molar-refractivity contribution is 6.44. The number of nitrogens with one attached hydrogen (secondary N) is 1. The summed E-state index contributed by atoms with van der Waals surface area (Å²) in [5, 5.41) is 22.1. The third-order valence-corrected chi connectivity index (χ3v) is 3.12. The minimum absolute atomic E-state index is 0.0708. The standard InChI is InChI=1S/C11H12Cl2N2O4/c1-11(2,5-16)14-10(17)7-3-6(15(18)19)4-8(12)9(7)13/h3-4,16H,5H2,1-2H3,(H,14,17). The van der Waals surface area contributed by atoms with Crippen molar-refractivity contribution >= 4 is 34.8 Å². The Hall–Kier alpha value is -1.37. The highest BCUT2D eigenvalue weighted by atomic mass is 35.5. The van der Waals surface area contributed by atoms with Crippen molar-refractivity contribution in [2.24, 2.45) is 0 Å². The van der Waals surface area contributed by atoms with Crippen LogP contribution in [0.2, 0.25) is 10.0 Å². The molecule has 0 aliphatic rings. The van der Waals surface area contributed by atoms with Gasteiger partial charge in [-0.3, -0.25) is 14.9 Å². The number of hydrogen-bond acceptors (Lipinski definition) is 4. The highest BCUT2D eigenvalue weighted by Crippen LogP contribution is 2.31. The zero-order valence-electron chi connectivity index (χ0n) is 10.2. The van der Waals surface area contributed by atoms with Crippen molar-refractivity contribution in [1.29, 1.82) is 0 Å². The number of aliphatic hydroxyl groups excluding tert-OH is 1. The SMILES string of the molecule is CC(C)(CO)NC(=O)c1cc([N+](=O)[O-])cc(Cl)c1Cl. The average molecular weight is 307 g/mol. The highest BCUT2D eigenvalue weighted by Gasteiger charge is 2.24. The van der Waals surface area contributed by atoms with Gasteiger partial charge in [0.15, 0.2) is 0 Å². The number of nitrogens with zero attached hydrogens (tertiary/aromatic N) is 1. The molecule has 0 spiro atoms. The number of nitro groups is 1. The molecule has 0 unspecified atom stereocenters. The number of non-ortho nitro benzene ring substituents is 1. The first-order valence-corrected chi connectivity index (χ1v) is 6.00. The lowest BCUT2D eigenvalue weighted by Gasteiger charge is -2.23. The van der Waals surface area contributed by atoms with Crippen LogP contribution >= 0.6 is 23.2 Å². The molecule has 0 saturated carbocycles. The predicted molar refractivity (Wildman–Crippen MR) is 71.7 cm³/mol.